The first-order valence-corrected chi connectivity index (χ1v) is 6.67. The number of allylic oxidation sites excluding steroid dienone is 1. The smallest absolute Gasteiger partial charge is 0.158 e. The molecule has 2 heteroatoms. The minimum Gasteiger partial charge on any atom is -0.317 e. The van der Waals surface area contributed by atoms with Crippen LogP contribution in [-0.2, 0) is 4.79 Å². The van der Waals surface area contributed by atoms with Crippen molar-refractivity contribution in [3.8, 4) is 0 Å². The molecule has 2 nitrogen and oxygen atoms in total. The van der Waals surface area contributed by atoms with Gasteiger partial charge in [0, 0.05) is 5.92 Å². The Balaban J connectivity index is 2.08. The second kappa shape index (κ2) is 5.96. The summed E-state index contributed by atoms with van der Waals surface area (Å²) in [5.74, 6) is 0.492. The summed E-state index contributed by atoms with van der Waals surface area (Å²) in [4.78, 5) is 12.1. The maximum absolute atomic E-state index is 12.1. The van der Waals surface area contributed by atoms with Gasteiger partial charge >= 0.3 is 0 Å². The van der Waals surface area contributed by atoms with Crippen molar-refractivity contribution in [1.29, 1.82) is 0 Å². The molecule has 0 amide bonds. The molecule has 1 fully saturated rings. The van der Waals surface area contributed by atoms with Gasteiger partial charge in [-0.2, -0.15) is 0 Å². The van der Waals surface area contributed by atoms with Crippen LogP contribution in [0.25, 0.3) is 6.08 Å². The molecule has 96 valence electrons. The van der Waals surface area contributed by atoms with Crippen LogP contribution in [0.15, 0.2) is 24.3 Å². The molecule has 0 aromatic heterocycles. The Morgan fingerprint density at radius 3 is 2.44 bits per heavy atom. The molecule has 0 spiro atoms. The number of benzene rings is 1. The second-order valence-electron chi connectivity index (χ2n) is 5.07. The van der Waals surface area contributed by atoms with E-state index >= 15 is 0 Å². The maximum atomic E-state index is 12.1. The molecule has 0 unspecified atom stereocenters. The molecule has 0 atom stereocenters. The molecule has 1 aromatic carbocycles. The van der Waals surface area contributed by atoms with Crippen LogP contribution in [0.5, 0.6) is 0 Å². The van der Waals surface area contributed by atoms with Crippen LogP contribution in [0, 0.1) is 19.8 Å². The summed E-state index contributed by atoms with van der Waals surface area (Å²) >= 11 is 0. The summed E-state index contributed by atoms with van der Waals surface area (Å²) in [6.45, 7) is 6.10. The van der Waals surface area contributed by atoms with Gasteiger partial charge in [-0.3, -0.25) is 4.79 Å². The fourth-order valence-electron chi connectivity index (χ4n) is 2.50. The highest BCUT2D eigenvalue weighted by atomic mass is 16.1. The van der Waals surface area contributed by atoms with Crippen LogP contribution < -0.4 is 5.32 Å². The molecular formula is C16H21NO. The predicted octanol–water partition coefficient (Wildman–Crippen LogP) is 2.89. The largest absolute Gasteiger partial charge is 0.317 e. The van der Waals surface area contributed by atoms with Crippen molar-refractivity contribution in [1.82, 2.24) is 5.32 Å². The first-order valence-electron chi connectivity index (χ1n) is 6.67. The number of ketones is 1. The zero-order valence-corrected chi connectivity index (χ0v) is 11.2. The molecule has 1 saturated heterocycles. The van der Waals surface area contributed by atoms with Gasteiger partial charge < -0.3 is 5.32 Å². The Labute approximate surface area is 109 Å². The van der Waals surface area contributed by atoms with Gasteiger partial charge in [0.1, 0.15) is 0 Å². The molecule has 1 aromatic rings. The van der Waals surface area contributed by atoms with Gasteiger partial charge in [-0.15, -0.1) is 0 Å². The number of rotatable bonds is 3. The lowest BCUT2D eigenvalue weighted by Gasteiger charge is -2.19. The van der Waals surface area contributed by atoms with Gasteiger partial charge in [-0.25, -0.2) is 0 Å². The van der Waals surface area contributed by atoms with E-state index < -0.39 is 0 Å². The topological polar surface area (TPSA) is 29.1 Å². The first-order chi connectivity index (χ1) is 8.68. The molecule has 1 heterocycles. The summed E-state index contributed by atoms with van der Waals surface area (Å²) in [6.07, 6.45) is 5.69. The van der Waals surface area contributed by atoms with Gasteiger partial charge in [0.25, 0.3) is 0 Å². The molecule has 0 aliphatic carbocycles. The zero-order chi connectivity index (χ0) is 13.0. The summed E-state index contributed by atoms with van der Waals surface area (Å²) in [6, 6.07) is 6.22. The second-order valence-corrected chi connectivity index (χ2v) is 5.07. The van der Waals surface area contributed by atoms with Crippen LogP contribution in [0.2, 0.25) is 0 Å². The lowest BCUT2D eigenvalue weighted by atomic mass is 9.92. The predicted molar refractivity (Wildman–Crippen MR) is 75.6 cm³/mol. The van der Waals surface area contributed by atoms with E-state index in [1.807, 2.05) is 6.08 Å². The lowest BCUT2D eigenvalue weighted by Crippen LogP contribution is -2.31. The summed E-state index contributed by atoms with van der Waals surface area (Å²) in [5, 5.41) is 3.29. The van der Waals surface area contributed by atoms with Crippen molar-refractivity contribution >= 4 is 11.9 Å². The number of piperidine rings is 1. The third kappa shape index (κ3) is 3.08. The molecule has 1 N–H and O–H groups in total. The van der Waals surface area contributed by atoms with Crippen LogP contribution in [0.1, 0.15) is 29.5 Å². The van der Waals surface area contributed by atoms with Crippen molar-refractivity contribution < 1.29 is 4.79 Å². The Morgan fingerprint density at radius 1 is 1.22 bits per heavy atom. The van der Waals surface area contributed by atoms with Crippen molar-refractivity contribution in [3.05, 3.63) is 41.0 Å². The monoisotopic (exact) mass is 243 g/mol. The molecular weight excluding hydrogens is 222 g/mol. The number of nitrogens with one attached hydrogen (secondary N) is 1. The van der Waals surface area contributed by atoms with E-state index in [1.165, 1.54) is 16.7 Å². The normalized spacial score (nSPS) is 17.2. The highest BCUT2D eigenvalue weighted by Crippen LogP contribution is 2.17. The van der Waals surface area contributed by atoms with Crippen LogP contribution in [-0.4, -0.2) is 18.9 Å². The molecule has 2 rings (SSSR count). The number of aryl methyl sites for hydroxylation is 2. The maximum Gasteiger partial charge on any atom is 0.158 e. The van der Waals surface area contributed by atoms with E-state index in [9.17, 15) is 4.79 Å². The van der Waals surface area contributed by atoms with Crippen LogP contribution >= 0.6 is 0 Å². The van der Waals surface area contributed by atoms with E-state index in [0.717, 1.165) is 25.9 Å². The highest BCUT2D eigenvalue weighted by molar-refractivity contribution is 5.95. The summed E-state index contributed by atoms with van der Waals surface area (Å²) in [7, 11) is 0. The first kappa shape index (κ1) is 13.0. The van der Waals surface area contributed by atoms with Crippen LogP contribution in [0.4, 0.5) is 0 Å². The third-order valence-electron chi connectivity index (χ3n) is 3.70. The van der Waals surface area contributed by atoms with Gasteiger partial charge in [0.15, 0.2) is 5.78 Å². The Kier molecular flexibility index (Phi) is 4.32. The van der Waals surface area contributed by atoms with Gasteiger partial charge in [-0.1, -0.05) is 24.3 Å². The SMILES string of the molecule is Cc1cccc(C)c1/C=C/C(=O)C1CCNCC1. The molecule has 1 aliphatic heterocycles. The minimum absolute atomic E-state index is 0.215. The Morgan fingerprint density at radius 2 is 1.83 bits per heavy atom. The van der Waals surface area contributed by atoms with Crippen LogP contribution in [0.3, 0.4) is 0 Å². The van der Waals surface area contributed by atoms with E-state index in [2.05, 4.69) is 37.4 Å². The fraction of sp³-hybridized carbons (Fsp3) is 0.438. The van der Waals surface area contributed by atoms with Gasteiger partial charge in [-0.05, 0) is 62.5 Å². The number of carbonyl (C=O) groups excluding carboxylic acids is 1. The third-order valence-corrected chi connectivity index (χ3v) is 3.70. The zero-order valence-electron chi connectivity index (χ0n) is 11.2. The van der Waals surface area contributed by atoms with E-state index in [1.54, 1.807) is 6.08 Å². The minimum atomic E-state index is 0.215. The fourth-order valence-corrected chi connectivity index (χ4v) is 2.50. The standard InChI is InChI=1S/C16H21NO/c1-12-4-3-5-13(2)15(12)6-7-16(18)14-8-10-17-11-9-14/h3-7,14,17H,8-11H2,1-2H3/b7-6+. The summed E-state index contributed by atoms with van der Waals surface area (Å²) in [5.41, 5.74) is 3.63. The van der Waals surface area contributed by atoms with Crippen molar-refractivity contribution in [2.45, 2.75) is 26.7 Å². The average Bonchev–Trinajstić information content (AvgIpc) is 2.39. The quantitative estimate of drug-likeness (QED) is 0.827. The van der Waals surface area contributed by atoms with Crippen molar-refractivity contribution in [2.75, 3.05) is 13.1 Å². The summed E-state index contributed by atoms with van der Waals surface area (Å²) < 4.78 is 0. The molecule has 18 heavy (non-hydrogen) atoms. The number of hydrogen-bond acceptors (Lipinski definition) is 2. The highest BCUT2D eigenvalue weighted by Gasteiger charge is 2.18. The molecule has 0 saturated carbocycles. The van der Waals surface area contributed by atoms with Crippen molar-refractivity contribution in [3.63, 3.8) is 0 Å². The molecule has 1 aliphatic rings. The number of carbonyl (C=O) groups is 1. The van der Waals surface area contributed by atoms with E-state index in [4.69, 9.17) is 0 Å². The number of hydrogen-bond donors (Lipinski definition) is 1. The molecule has 0 radical (unpaired) electrons. The Bertz CT molecular complexity index is 436. The Hall–Kier alpha value is -1.41. The van der Waals surface area contributed by atoms with Gasteiger partial charge in [0.2, 0.25) is 0 Å². The lowest BCUT2D eigenvalue weighted by molar-refractivity contribution is -0.118. The van der Waals surface area contributed by atoms with Crippen molar-refractivity contribution in [2.24, 2.45) is 5.92 Å². The van der Waals surface area contributed by atoms with Gasteiger partial charge in [0.05, 0.1) is 0 Å². The van der Waals surface area contributed by atoms with E-state index in [-0.39, 0.29) is 11.7 Å². The molecule has 0 bridgehead atoms. The average molecular weight is 243 g/mol. The van der Waals surface area contributed by atoms with E-state index in [0.29, 0.717) is 0 Å².